The largest absolute Gasteiger partial charge is 0.490 e. The Balaban J connectivity index is 1.23. The smallest absolute Gasteiger partial charge is 0.148 e. The van der Waals surface area contributed by atoms with Crippen molar-refractivity contribution in [1.29, 1.82) is 0 Å². The number of benzene rings is 4. The van der Waals surface area contributed by atoms with Crippen molar-refractivity contribution in [3.05, 3.63) is 84.9 Å². The van der Waals surface area contributed by atoms with Crippen LogP contribution in [0.3, 0.4) is 0 Å². The Hall–Kier alpha value is -3.16. The summed E-state index contributed by atoms with van der Waals surface area (Å²) in [5.74, 6) is 1.39. The predicted octanol–water partition coefficient (Wildman–Crippen LogP) is 3.91. The molecule has 4 aromatic rings. The third-order valence-corrected chi connectivity index (χ3v) is 5.98. The third-order valence-electron chi connectivity index (χ3n) is 5.98. The fraction of sp³-hybridized carbons (Fsp3) is 0.259. The molecule has 4 unspecified atom stereocenters. The first kappa shape index (κ1) is 21.7. The molecule has 1 heterocycles. The van der Waals surface area contributed by atoms with Gasteiger partial charge < -0.3 is 29.2 Å². The molecule has 6 heteroatoms. The predicted molar refractivity (Wildman–Crippen MR) is 126 cm³/mol. The van der Waals surface area contributed by atoms with E-state index < -0.39 is 24.4 Å². The molecule has 0 aliphatic carbocycles. The Labute approximate surface area is 191 Å². The van der Waals surface area contributed by atoms with Gasteiger partial charge in [-0.2, -0.15) is 0 Å². The molecule has 0 aromatic heterocycles. The van der Waals surface area contributed by atoms with Crippen LogP contribution in [0, 0.1) is 0 Å². The van der Waals surface area contributed by atoms with Gasteiger partial charge in [0.1, 0.15) is 55.9 Å². The average Bonchev–Trinajstić information content (AvgIpc) is 2.99. The lowest BCUT2D eigenvalue weighted by Gasteiger charge is -2.26. The van der Waals surface area contributed by atoms with Gasteiger partial charge in [-0.3, -0.25) is 0 Å². The number of aliphatic hydroxyl groups excluding tert-OH is 2. The van der Waals surface area contributed by atoms with Crippen LogP contribution in [0.15, 0.2) is 84.9 Å². The van der Waals surface area contributed by atoms with Crippen molar-refractivity contribution in [1.82, 2.24) is 0 Å². The van der Waals surface area contributed by atoms with Gasteiger partial charge in [0, 0.05) is 10.8 Å². The van der Waals surface area contributed by atoms with Crippen molar-refractivity contribution in [3.8, 4) is 11.5 Å². The van der Waals surface area contributed by atoms with E-state index in [4.69, 9.17) is 18.9 Å². The Bertz CT molecular complexity index is 1120. The molecule has 0 radical (unpaired) electrons. The molecule has 6 nitrogen and oxygen atoms in total. The van der Waals surface area contributed by atoms with E-state index in [0.717, 1.165) is 21.5 Å². The van der Waals surface area contributed by atoms with Crippen molar-refractivity contribution in [2.45, 2.75) is 24.4 Å². The molecule has 33 heavy (non-hydrogen) atoms. The maximum atomic E-state index is 10.8. The van der Waals surface area contributed by atoms with E-state index in [9.17, 15) is 10.2 Å². The molecule has 0 saturated carbocycles. The zero-order valence-electron chi connectivity index (χ0n) is 18.0. The summed E-state index contributed by atoms with van der Waals surface area (Å²) in [6.07, 6.45) is -3.88. The molecule has 1 saturated heterocycles. The fourth-order valence-corrected chi connectivity index (χ4v) is 4.13. The van der Waals surface area contributed by atoms with Crippen LogP contribution in [0.2, 0.25) is 0 Å². The monoisotopic (exact) mass is 446 g/mol. The van der Waals surface area contributed by atoms with Crippen LogP contribution in [0.4, 0.5) is 0 Å². The van der Waals surface area contributed by atoms with E-state index in [2.05, 4.69) is 0 Å². The molecule has 4 aromatic carbocycles. The van der Waals surface area contributed by atoms with Gasteiger partial charge in [-0.05, 0) is 22.9 Å². The van der Waals surface area contributed by atoms with Crippen molar-refractivity contribution in [2.75, 3.05) is 20.0 Å². The summed E-state index contributed by atoms with van der Waals surface area (Å²) in [7, 11) is 0. The fourth-order valence-electron chi connectivity index (χ4n) is 4.13. The van der Waals surface area contributed by atoms with Crippen molar-refractivity contribution in [2.24, 2.45) is 0 Å². The van der Waals surface area contributed by atoms with Crippen LogP contribution in [-0.4, -0.2) is 54.6 Å². The second-order valence-corrected chi connectivity index (χ2v) is 8.09. The lowest BCUT2D eigenvalue weighted by atomic mass is 10.0. The lowest BCUT2D eigenvalue weighted by molar-refractivity contribution is -0.119. The average molecular weight is 446 g/mol. The van der Waals surface area contributed by atoms with Gasteiger partial charge in [0.2, 0.25) is 0 Å². The molecule has 0 spiro atoms. The van der Waals surface area contributed by atoms with E-state index in [0.29, 0.717) is 11.5 Å². The molecular weight excluding hydrogens is 420 g/mol. The van der Waals surface area contributed by atoms with Crippen LogP contribution in [-0.2, 0) is 9.47 Å². The third kappa shape index (κ3) is 4.65. The number of hydrogen-bond acceptors (Lipinski definition) is 6. The number of rotatable bonds is 6. The standard InChI is InChI=1S/C27H26O6/c28-26-24(15-30-22-13-5-9-18-7-1-3-11-20(18)22)32-17-33-25(27(26)29)16-31-23-14-6-10-19-8-2-4-12-21(19)23/h1-14,24-29H,15-17H2. The number of fused-ring (bicyclic) bond motifs is 2. The number of ether oxygens (including phenoxy) is 4. The number of hydrogen-bond donors (Lipinski definition) is 2. The maximum absolute atomic E-state index is 10.8. The molecule has 1 aliphatic heterocycles. The summed E-state index contributed by atoms with van der Waals surface area (Å²) >= 11 is 0. The summed E-state index contributed by atoms with van der Waals surface area (Å²) in [6.45, 7) is 0.0697. The summed E-state index contributed by atoms with van der Waals surface area (Å²) in [5.41, 5.74) is 0. The Morgan fingerprint density at radius 3 is 1.52 bits per heavy atom. The van der Waals surface area contributed by atoms with Crippen LogP contribution in [0.5, 0.6) is 11.5 Å². The Kier molecular flexibility index (Phi) is 6.41. The Morgan fingerprint density at radius 2 is 1.03 bits per heavy atom. The molecule has 0 bridgehead atoms. The van der Waals surface area contributed by atoms with Crippen molar-refractivity contribution < 1.29 is 29.2 Å². The minimum absolute atomic E-state index is 0.0759. The first-order valence-electron chi connectivity index (χ1n) is 11.0. The highest BCUT2D eigenvalue weighted by atomic mass is 16.7. The van der Waals surface area contributed by atoms with E-state index in [-0.39, 0.29) is 20.0 Å². The summed E-state index contributed by atoms with van der Waals surface area (Å²) in [4.78, 5) is 0. The molecule has 170 valence electrons. The molecule has 2 N–H and O–H groups in total. The summed E-state index contributed by atoms with van der Waals surface area (Å²) < 4.78 is 23.2. The molecule has 4 atom stereocenters. The van der Waals surface area contributed by atoms with Gasteiger partial charge in [0.25, 0.3) is 0 Å². The van der Waals surface area contributed by atoms with Crippen LogP contribution in [0.25, 0.3) is 21.5 Å². The zero-order valence-corrected chi connectivity index (χ0v) is 18.0. The maximum Gasteiger partial charge on any atom is 0.148 e. The van der Waals surface area contributed by atoms with Gasteiger partial charge in [0.15, 0.2) is 0 Å². The molecule has 1 fully saturated rings. The first-order valence-corrected chi connectivity index (χ1v) is 11.0. The lowest BCUT2D eigenvalue weighted by Crippen LogP contribution is -2.47. The van der Waals surface area contributed by atoms with Crippen LogP contribution < -0.4 is 9.47 Å². The molecule has 0 amide bonds. The molecular formula is C27H26O6. The van der Waals surface area contributed by atoms with Gasteiger partial charge in [-0.25, -0.2) is 0 Å². The van der Waals surface area contributed by atoms with Crippen molar-refractivity contribution in [3.63, 3.8) is 0 Å². The van der Waals surface area contributed by atoms with Gasteiger partial charge >= 0.3 is 0 Å². The van der Waals surface area contributed by atoms with Gasteiger partial charge in [-0.15, -0.1) is 0 Å². The normalized spacial score (nSPS) is 23.3. The number of aliphatic hydroxyl groups is 2. The Morgan fingerprint density at radius 1 is 0.606 bits per heavy atom. The summed E-state index contributed by atoms with van der Waals surface area (Å²) in [6, 6.07) is 27.4. The van der Waals surface area contributed by atoms with Gasteiger partial charge in [0.05, 0.1) is 0 Å². The minimum Gasteiger partial charge on any atom is -0.490 e. The van der Waals surface area contributed by atoms with E-state index >= 15 is 0 Å². The highest BCUT2D eigenvalue weighted by molar-refractivity contribution is 5.88. The van der Waals surface area contributed by atoms with Crippen molar-refractivity contribution >= 4 is 21.5 Å². The second-order valence-electron chi connectivity index (χ2n) is 8.09. The van der Waals surface area contributed by atoms with Crippen LogP contribution >= 0.6 is 0 Å². The van der Waals surface area contributed by atoms with E-state index in [1.165, 1.54) is 0 Å². The zero-order chi connectivity index (χ0) is 22.6. The highest BCUT2D eigenvalue weighted by Gasteiger charge is 2.37. The quantitative estimate of drug-likeness (QED) is 0.468. The van der Waals surface area contributed by atoms with Crippen LogP contribution in [0.1, 0.15) is 0 Å². The van der Waals surface area contributed by atoms with Gasteiger partial charge in [-0.1, -0.05) is 72.8 Å². The minimum atomic E-state index is -1.19. The van der Waals surface area contributed by atoms with E-state index in [1.54, 1.807) is 0 Å². The summed E-state index contributed by atoms with van der Waals surface area (Å²) in [5, 5.41) is 25.6. The molecule has 5 rings (SSSR count). The second kappa shape index (κ2) is 9.77. The SMILES string of the molecule is OC1C(COc2cccc3ccccc23)OCOC(COc2cccc3ccccc23)C1O. The van der Waals surface area contributed by atoms with E-state index in [1.807, 2.05) is 84.9 Å². The highest BCUT2D eigenvalue weighted by Crippen LogP contribution is 2.28. The molecule has 1 aliphatic rings. The first-order chi connectivity index (χ1) is 16.2. The topological polar surface area (TPSA) is 77.4 Å².